The minimum atomic E-state index is -4.31. The van der Waals surface area contributed by atoms with Gasteiger partial charge in [-0.15, -0.1) is 0 Å². The molecule has 0 aromatic heterocycles. The minimum Gasteiger partial charge on any atom is -0.497 e. The fraction of sp³-hybridized carbons (Fsp3) is 0.310. The van der Waals surface area contributed by atoms with Crippen molar-refractivity contribution in [3.05, 3.63) is 84.2 Å². The molecule has 3 aromatic carbocycles. The number of halogens is 1. The van der Waals surface area contributed by atoms with E-state index < -0.39 is 40.2 Å². The summed E-state index contributed by atoms with van der Waals surface area (Å²) >= 11 is 0. The zero-order valence-electron chi connectivity index (χ0n) is 23.0. The number of anilines is 1. The number of nitrogens with one attached hydrogen (secondary N) is 1. The first kappa shape index (κ1) is 30.4. The van der Waals surface area contributed by atoms with Crippen LogP contribution in [0.15, 0.2) is 77.7 Å². The first-order valence-electron chi connectivity index (χ1n) is 12.7. The molecule has 0 spiro atoms. The van der Waals surface area contributed by atoms with Gasteiger partial charge in [0.15, 0.2) is 0 Å². The number of amides is 2. The summed E-state index contributed by atoms with van der Waals surface area (Å²) in [7, 11) is -1.50. The summed E-state index contributed by atoms with van der Waals surface area (Å²) in [6.07, 6.45) is 0.679. The Balaban J connectivity index is 2.11. The van der Waals surface area contributed by atoms with Gasteiger partial charge in [-0.05, 0) is 43.7 Å². The number of benzene rings is 3. The van der Waals surface area contributed by atoms with Crippen molar-refractivity contribution >= 4 is 27.5 Å². The second-order valence-corrected chi connectivity index (χ2v) is 10.8. The lowest BCUT2D eigenvalue weighted by Crippen LogP contribution is -2.51. The summed E-state index contributed by atoms with van der Waals surface area (Å²) in [6, 6.07) is 17.1. The Morgan fingerprint density at radius 3 is 2.27 bits per heavy atom. The molecule has 0 saturated carbocycles. The predicted molar refractivity (Wildman–Crippen MR) is 150 cm³/mol. The van der Waals surface area contributed by atoms with Gasteiger partial charge < -0.3 is 19.7 Å². The Morgan fingerprint density at radius 1 is 0.975 bits per heavy atom. The Bertz CT molecular complexity index is 1420. The Labute approximate surface area is 234 Å². The van der Waals surface area contributed by atoms with Gasteiger partial charge in [0.05, 0.1) is 24.8 Å². The molecule has 11 heteroatoms. The predicted octanol–water partition coefficient (Wildman–Crippen LogP) is 3.98. The van der Waals surface area contributed by atoms with E-state index in [2.05, 4.69) is 5.32 Å². The molecule has 214 valence electrons. The lowest BCUT2D eigenvalue weighted by Gasteiger charge is -2.32. The minimum absolute atomic E-state index is 0.0536. The maximum atomic E-state index is 14.6. The standard InChI is InChI=1S/C29H34FN3O6S/c1-5-17-31-29(35)21(2)32(19-22-11-9-10-14-25(22)30)28(34)20-33(40(36,37)24-12-7-6-8-13-24)26-18-23(38-3)15-16-27(26)39-4/h6-16,18,21H,5,17,19-20H2,1-4H3,(H,31,35)/t21-/m1/s1. The largest absolute Gasteiger partial charge is 0.497 e. The van der Waals surface area contributed by atoms with Crippen LogP contribution < -0.4 is 19.1 Å². The zero-order chi connectivity index (χ0) is 29.3. The highest BCUT2D eigenvalue weighted by Crippen LogP contribution is 2.36. The van der Waals surface area contributed by atoms with Crippen molar-refractivity contribution in [3.8, 4) is 11.5 Å². The molecular weight excluding hydrogens is 537 g/mol. The molecule has 0 unspecified atom stereocenters. The summed E-state index contributed by atoms with van der Waals surface area (Å²) in [5.41, 5.74) is 0.246. The van der Waals surface area contributed by atoms with Gasteiger partial charge >= 0.3 is 0 Å². The summed E-state index contributed by atoms with van der Waals surface area (Å²) in [4.78, 5) is 28.0. The number of hydrogen-bond acceptors (Lipinski definition) is 6. The summed E-state index contributed by atoms with van der Waals surface area (Å²) in [6.45, 7) is 2.86. The molecule has 3 aromatic rings. The van der Waals surface area contributed by atoms with E-state index in [0.717, 1.165) is 4.31 Å². The molecule has 0 aliphatic carbocycles. The van der Waals surface area contributed by atoms with E-state index in [1.165, 1.54) is 68.5 Å². The number of ether oxygens (including phenoxy) is 2. The van der Waals surface area contributed by atoms with Crippen molar-refractivity contribution in [2.24, 2.45) is 0 Å². The molecule has 0 aliphatic rings. The van der Waals surface area contributed by atoms with Gasteiger partial charge in [0.2, 0.25) is 11.8 Å². The maximum Gasteiger partial charge on any atom is 0.264 e. The lowest BCUT2D eigenvalue weighted by atomic mass is 10.1. The number of nitrogens with zero attached hydrogens (tertiary/aromatic N) is 2. The van der Waals surface area contributed by atoms with Crippen LogP contribution in [0.1, 0.15) is 25.8 Å². The smallest absolute Gasteiger partial charge is 0.264 e. The first-order valence-corrected chi connectivity index (χ1v) is 14.2. The maximum absolute atomic E-state index is 14.6. The molecule has 9 nitrogen and oxygen atoms in total. The highest BCUT2D eigenvalue weighted by atomic mass is 32.2. The second-order valence-electron chi connectivity index (χ2n) is 8.94. The van der Waals surface area contributed by atoms with E-state index in [4.69, 9.17) is 9.47 Å². The molecule has 0 fully saturated rings. The summed E-state index contributed by atoms with van der Waals surface area (Å²) < 4.78 is 54.2. The molecule has 1 atom stereocenters. The van der Waals surface area contributed by atoms with Crippen LogP contribution in [-0.4, -0.2) is 58.5 Å². The van der Waals surface area contributed by atoms with Gasteiger partial charge in [0.25, 0.3) is 10.0 Å². The van der Waals surface area contributed by atoms with Gasteiger partial charge in [0, 0.05) is 24.7 Å². The molecule has 3 rings (SSSR count). The monoisotopic (exact) mass is 571 g/mol. The van der Waals surface area contributed by atoms with Crippen LogP contribution in [-0.2, 0) is 26.2 Å². The molecule has 0 heterocycles. The SMILES string of the molecule is CCCNC(=O)[C@@H](C)N(Cc1ccccc1F)C(=O)CN(c1cc(OC)ccc1OC)S(=O)(=O)c1ccccc1. The van der Waals surface area contributed by atoms with E-state index in [0.29, 0.717) is 18.7 Å². The van der Waals surface area contributed by atoms with Crippen LogP contribution >= 0.6 is 0 Å². The van der Waals surface area contributed by atoms with Crippen LogP contribution in [0.2, 0.25) is 0 Å². The fourth-order valence-electron chi connectivity index (χ4n) is 4.01. The van der Waals surface area contributed by atoms with Gasteiger partial charge in [-0.1, -0.05) is 43.3 Å². The third kappa shape index (κ3) is 7.09. The van der Waals surface area contributed by atoms with Crippen LogP contribution in [0.4, 0.5) is 10.1 Å². The van der Waals surface area contributed by atoms with E-state index >= 15 is 0 Å². The normalized spacial score (nSPS) is 11.8. The third-order valence-corrected chi connectivity index (χ3v) is 8.05. The third-order valence-electron chi connectivity index (χ3n) is 6.28. The quantitative estimate of drug-likeness (QED) is 0.333. The highest BCUT2D eigenvalue weighted by molar-refractivity contribution is 7.92. The van der Waals surface area contributed by atoms with Crippen molar-refractivity contribution < 1.29 is 31.9 Å². The van der Waals surface area contributed by atoms with Crippen LogP contribution in [0.5, 0.6) is 11.5 Å². The first-order chi connectivity index (χ1) is 19.1. The Morgan fingerprint density at radius 2 is 1.65 bits per heavy atom. The van der Waals surface area contributed by atoms with Gasteiger partial charge in [-0.25, -0.2) is 12.8 Å². The van der Waals surface area contributed by atoms with Crippen molar-refractivity contribution in [2.75, 3.05) is 31.6 Å². The Hall–Kier alpha value is -4.12. The van der Waals surface area contributed by atoms with Crippen molar-refractivity contribution in [3.63, 3.8) is 0 Å². The van der Waals surface area contributed by atoms with Gasteiger partial charge in [-0.2, -0.15) is 0 Å². The van der Waals surface area contributed by atoms with Crippen LogP contribution in [0.25, 0.3) is 0 Å². The van der Waals surface area contributed by atoms with Gasteiger partial charge in [0.1, 0.15) is 29.9 Å². The highest BCUT2D eigenvalue weighted by Gasteiger charge is 2.34. The van der Waals surface area contributed by atoms with Crippen LogP contribution in [0.3, 0.4) is 0 Å². The average molecular weight is 572 g/mol. The average Bonchev–Trinajstić information content (AvgIpc) is 2.97. The lowest BCUT2D eigenvalue weighted by molar-refractivity contribution is -0.139. The number of methoxy groups -OCH3 is 2. The molecule has 2 amide bonds. The van der Waals surface area contributed by atoms with E-state index in [1.54, 1.807) is 30.3 Å². The van der Waals surface area contributed by atoms with Crippen molar-refractivity contribution in [1.82, 2.24) is 10.2 Å². The second kappa shape index (κ2) is 13.8. The number of rotatable bonds is 13. The number of hydrogen-bond donors (Lipinski definition) is 1. The topological polar surface area (TPSA) is 105 Å². The fourth-order valence-corrected chi connectivity index (χ4v) is 5.45. The number of carbonyl (C=O) groups excluding carboxylic acids is 2. The summed E-state index contributed by atoms with van der Waals surface area (Å²) in [5, 5.41) is 2.75. The molecular formula is C29H34FN3O6S. The van der Waals surface area contributed by atoms with Gasteiger partial charge in [-0.3, -0.25) is 13.9 Å². The van der Waals surface area contributed by atoms with E-state index in [9.17, 15) is 22.4 Å². The zero-order valence-corrected chi connectivity index (χ0v) is 23.8. The molecule has 0 radical (unpaired) electrons. The number of carbonyl (C=O) groups is 2. The molecule has 0 aliphatic heterocycles. The van der Waals surface area contributed by atoms with E-state index in [1.807, 2.05) is 6.92 Å². The molecule has 40 heavy (non-hydrogen) atoms. The molecule has 0 saturated heterocycles. The molecule has 1 N–H and O–H groups in total. The van der Waals surface area contributed by atoms with E-state index in [-0.39, 0.29) is 28.4 Å². The summed E-state index contributed by atoms with van der Waals surface area (Å²) in [5.74, 6) is -1.19. The number of sulfonamides is 1. The van der Waals surface area contributed by atoms with Crippen molar-refractivity contribution in [1.29, 1.82) is 0 Å². The Kier molecular flexibility index (Phi) is 10.5. The molecule has 0 bridgehead atoms. The van der Waals surface area contributed by atoms with Crippen molar-refractivity contribution in [2.45, 2.75) is 37.8 Å². The van der Waals surface area contributed by atoms with Crippen LogP contribution in [0, 0.1) is 5.82 Å².